The van der Waals surface area contributed by atoms with Crippen molar-refractivity contribution in [2.45, 2.75) is 31.6 Å². The van der Waals surface area contributed by atoms with Gasteiger partial charge in [0.2, 0.25) is 10.0 Å². The lowest BCUT2D eigenvalue weighted by atomic mass is 10.2. The molecule has 1 unspecified atom stereocenters. The highest BCUT2D eigenvalue weighted by Gasteiger charge is 2.13. The van der Waals surface area contributed by atoms with Gasteiger partial charge < -0.3 is 0 Å². The molecule has 0 radical (unpaired) electrons. The summed E-state index contributed by atoms with van der Waals surface area (Å²) in [7, 11) is -3.10. The lowest BCUT2D eigenvalue weighted by Crippen LogP contribution is -2.30. The average Bonchev–Trinajstić information content (AvgIpc) is 2.38. The summed E-state index contributed by atoms with van der Waals surface area (Å²) in [6, 6.07) is 10.1. The van der Waals surface area contributed by atoms with E-state index in [1.165, 1.54) is 4.90 Å². The van der Waals surface area contributed by atoms with Gasteiger partial charge in [-0.25, -0.2) is 13.1 Å². The summed E-state index contributed by atoms with van der Waals surface area (Å²) in [6.45, 7) is 4.50. The smallest absolute Gasteiger partial charge is 0.211 e. The largest absolute Gasteiger partial charge is 0.215 e. The third-order valence-corrected chi connectivity index (χ3v) is 5.61. The zero-order chi connectivity index (χ0) is 14.1. The van der Waals surface area contributed by atoms with Gasteiger partial charge in [0.25, 0.3) is 0 Å². The van der Waals surface area contributed by atoms with Gasteiger partial charge in [0.1, 0.15) is 0 Å². The van der Waals surface area contributed by atoms with E-state index in [1.807, 2.05) is 32.0 Å². The van der Waals surface area contributed by atoms with Gasteiger partial charge in [-0.1, -0.05) is 38.5 Å². The van der Waals surface area contributed by atoms with Gasteiger partial charge in [0.05, 0.1) is 5.75 Å². The van der Waals surface area contributed by atoms with Crippen LogP contribution in [-0.2, 0) is 10.0 Å². The molecule has 1 aromatic carbocycles. The Morgan fingerprint density at radius 2 is 1.95 bits per heavy atom. The lowest BCUT2D eigenvalue weighted by Gasteiger charge is -2.10. The van der Waals surface area contributed by atoms with E-state index in [4.69, 9.17) is 0 Å². The highest BCUT2D eigenvalue weighted by Crippen LogP contribution is 2.17. The summed E-state index contributed by atoms with van der Waals surface area (Å²) < 4.78 is 26.1. The summed E-state index contributed by atoms with van der Waals surface area (Å²) in [4.78, 5) is 1.23. The van der Waals surface area contributed by atoms with E-state index < -0.39 is 10.0 Å². The SMILES string of the molecule is CCC(C)CS(=O)(=O)NCCCSc1ccccc1. The summed E-state index contributed by atoms with van der Waals surface area (Å²) in [5.74, 6) is 1.38. The first-order valence-electron chi connectivity index (χ1n) is 6.68. The van der Waals surface area contributed by atoms with Crippen LogP contribution in [-0.4, -0.2) is 26.5 Å². The molecule has 0 aliphatic carbocycles. The van der Waals surface area contributed by atoms with Crippen LogP contribution in [0.5, 0.6) is 0 Å². The Kier molecular flexibility index (Phi) is 7.49. The van der Waals surface area contributed by atoms with Gasteiger partial charge in [-0.05, 0) is 30.2 Å². The van der Waals surface area contributed by atoms with Crippen LogP contribution in [0, 0.1) is 5.92 Å². The number of benzene rings is 1. The molecule has 108 valence electrons. The van der Waals surface area contributed by atoms with Gasteiger partial charge in [0.15, 0.2) is 0 Å². The van der Waals surface area contributed by atoms with Gasteiger partial charge in [-0.15, -0.1) is 11.8 Å². The van der Waals surface area contributed by atoms with Crippen molar-refractivity contribution in [1.82, 2.24) is 4.72 Å². The van der Waals surface area contributed by atoms with E-state index in [-0.39, 0.29) is 11.7 Å². The number of hydrogen-bond donors (Lipinski definition) is 1. The maximum absolute atomic E-state index is 11.7. The van der Waals surface area contributed by atoms with Crippen molar-refractivity contribution in [2.24, 2.45) is 5.92 Å². The van der Waals surface area contributed by atoms with Gasteiger partial charge in [0, 0.05) is 11.4 Å². The van der Waals surface area contributed by atoms with Crippen LogP contribution < -0.4 is 4.72 Å². The number of hydrogen-bond acceptors (Lipinski definition) is 3. The number of sulfonamides is 1. The van der Waals surface area contributed by atoms with Crippen molar-refractivity contribution in [3.05, 3.63) is 30.3 Å². The van der Waals surface area contributed by atoms with Crippen LogP contribution in [0.1, 0.15) is 26.7 Å². The summed E-state index contributed by atoms with van der Waals surface area (Å²) in [5.41, 5.74) is 0. The van der Waals surface area contributed by atoms with Gasteiger partial charge in [-0.3, -0.25) is 0 Å². The Bertz CT molecular complexity index is 446. The Balaban J connectivity index is 2.17. The van der Waals surface area contributed by atoms with E-state index in [1.54, 1.807) is 11.8 Å². The van der Waals surface area contributed by atoms with Crippen LogP contribution in [0.15, 0.2) is 35.2 Å². The minimum absolute atomic E-state index is 0.219. The molecule has 1 aromatic rings. The first-order chi connectivity index (χ1) is 9.03. The molecule has 19 heavy (non-hydrogen) atoms. The predicted octanol–water partition coefficient (Wildman–Crippen LogP) is 3.13. The second-order valence-corrected chi connectivity index (χ2v) is 7.72. The van der Waals surface area contributed by atoms with Crippen LogP contribution in [0.25, 0.3) is 0 Å². The zero-order valence-electron chi connectivity index (χ0n) is 11.6. The summed E-state index contributed by atoms with van der Waals surface area (Å²) >= 11 is 1.75. The van der Waals surface area contributed by atoms with Crippen LogP contribution in [0.4, 0.5) is 0 Å². The van der Waals surface area contributed by atoms with Crippen molar-refractivity contribution in [3.8, 4) is 0 Å². The first kappa shape index (κ1) is 16.5. The molecular weight excluding hydrogens is 278 g/mol. The van der Waals surface area contributed by atoms with Crippen molar-refractivity contribution < 1.29 is 8.42 Å². The molecule has 3 nitrogen and oxygen atoms in total. The Morgan fingerprint density at radius 3 is 2.58 bits per heavy atom. The van der Waals surface area contributed by atoms with Crippen molar-refractivity contribution in [2.75, 3.05) is 18.1 Å². The highest BCUT2D eigenvalue weighted by atomic mass is 32.2. The minimum atomic E-state index is -3.10. The molecule has 0 bridgehead atoms. The number of nitrogens with one attached hydrogen (secondary N) is 1. The Hall–Kier alpha value is -0.520. The lowest BCUT2D eigenvalue weighted by molar-refractivity contribution is 0.552. The molecule has 0 aliphatic heterocycles. The molecule has 0 saturated heterocycles. The first-order valence-corrected chi connectivity index (χ1v) is 9.32. The normalized spacial score (nSPS) is 13.4. The molecule has 0 aromatic heterocycles. The number of thioether (sulfide) groups is 1. The topological polar surface area (TPSA) is 46.2 Å². The Morgan fingerprint density at radius 1 is 1.26 bits per heavy atom. The highest BCUT2D eigenvalue weighted by molar-refractivity contribution is 7.99. The van der Waals surface area contributed by atoms with E-state index in [0.717, 1.165) is 18.6 Å². The van der Waals surface area contributed by atoms with Gasteiger partial charge in [-0.2, -0.15) is 0 Å². The second-order valence-electron chi connectivity index (χ2n) is 4.70. The Labute approximate surface area is 121 Å². The maximum atomic E-state index is 11.7. The molecule has 0 aliphatic rings. The zero-order valence-corrected chi connectivity index (χ0v) is 13.3. The fourth-order valence-electron chi connectivity index (χ4n) is 1.56. The summed E-state index contributed by atoms with van der Waals surface area (Å²) in [6.07, 6.45) is 1.74. The molecule has 0 fully saturated rings. The predicted molar refractivity (Wildman–Crippen MR) is 83.0 cm³/mol. The number of rotatable bonds is 9. The van der Waals surface area contributed by atoms with E-state index in [9.17, 15) is 8.42 Å². The second kappa shape index (κ2) is 8.61. The fraction of sp³-hybridized carbons (Fsp3) is 0.571. The van der Waals surface area contributed by atoms with E-state index in [2.05, 4.69) is 16.9 Å². The fourth-order valence-corrected chi connectivity index (χ4v) is 3.99. The average molecular weight is 301 g/mol. The third-order valence-electron chi connectivity index (χ3n) is 2.86. The van der Waals surface area contributed by atoms with E-state index >= 15 is 0 Å². The van der Waals surface area contributed by atoms with Crippen molar-refractivity contribution >= 4 is 21.8 Å². The standard InChI is InChI=1S/C14H23NO2S2/c1-3-13(2)12-19(16,17)15-10-7-11-18-14-8-5-4-6-9-14/h4-6,8-9,13,15H,3,7,10-12H2,1-2H3. The molecule has 1 N–H and O–H groups in total. The minimum Gasteiger partial charge on any atom is -0.215 e. The summed E-state index contributed by atoms with van der Waals surface area (Å²) in [5, 5.41) is 0. The monoisotopic (exact) mass is 301 g/mol. The van der Waals surface area contributed by atoms with Crippen LogP contribution in [0.2, 0.25) is 0 Å². The quantitative estimate of drug-likeness (QED) is 0.563. The van der Waals surface area contributed by atoms with Crippen LogP contribution in [0.3, 0.4) is 0 Å². The van der Waals surface area contributed by atoms with Gasteiger partial charge >= 0.3 is 0 Å². The molecule has 0 saturated carbocycles. The van der Waals surface area contributed by atoms with E-state index in [0.29, 0.717) is 6.54 Å². The molecule has 1 atom stereocenters. The maximum Gasteiger partial charge on any atom is 0.211 e. The molecular formula is C14H23NO2S2. The van der Waals surface area contributed by atoms with Crippen molar-refractivity contribution in [3.63, 3.8) is 0 Å². The molecule has 1 rings (SSSR count). The molecule has 0 spiro atoms. The molecule has 5 heteroatoms. The van der Waals surface area contributed by atoms with Crippen molar-refractivity contribution in [1.29, 1.82) is 0 Å². The third kappa shape index (κ3) is 7.60. The molecule has 0 amide bonds. The molecule has 0 heterocycles. The van der Waals surface area contributed by atoms with Crippen LogP contribution >= 0.6 is 11.8 Å².